The minimum absolute atomic E-state index is 1.16. The fourth-order valence-corrected chi connectivity index (χ4v) is 11.3. The van der Waals surface area contributed by atoms with Crippen LogP contribution in [0.3, 0.4) is 0 Å². The highest BCUT2D eigenvalue weighted by Gasteiger charge is 2.20. The third-order valence-electron chi connectivity index (χ3n) is 14.6. The highest BCUT2D eigenvalue weighted by molar-refractivity contribution is 6.23. The second-order valence-corrected chi connectivity index (χ2v) is 19.1. The lowest BCUT2D eigenvalue weighted by molar-refractivity contribution is 1.55. The van der Waals surface area contributed by atoms with Crippen molar-refractivity contribution in [2.75, 3.05) is 0 Å². The van der Waals surface area contributed by atoms with Gasteiger partial charge in [0, 0.05) is 0 Å². The number of hydrogen-bond donors (Lipinski definition) is 0. The first-order valence-corrected chi connectivity index (χ1v) is 25.6. The molecule has 0 spiro atoms. The van der Waals surface area contributed by atoms with Crippen LogP contribution in [0.4, 0.5) is 0 Å². The van der Waals surface area contributed by atoms with Crippen LogP contribution in [0.5, 0.6) is 0 Å². The van der Waals surface area contributed by atoms with Crippen molar-refractivity contribution < 1.29 is 0 Å². The van der Waals surface area contributed by atoms with E-state index >= 15 is 0 Å². The van der Waals surface area contributed by atoms with Gasteiger partial charge in [-0.25, -0.2) is 0 Å². The van der Waals surface area contributed by atoms with E-state index in [1.807, 2.05) is 0 Å². The van der Waals surface area contributed by atoms with Gasteiger partial charge in [-0.3, -0.25) is 0 Å². The molecule has 0 bridgehead atoms. The highest BCUT2D eigenvalue weighted by Crippen LogP contribution is 2.47. The van der Waals surface area contributed by atoms with Crippen molar-refractivity contribution in [3.05, 3.63) is 325 Å². The second kappa shape index (κ2) is 19.5. The minimum Gasteiger partial charge on any atom is -0.0622 e. The van der Waals surface area contributed by atoms with E-state index in [2.05, 4.69) is 303 Å². The van der Waals surface area contributed by atoms with Crippen molar-refractivity contribution >= 4 is 66.4 Å². The summed E-state index contributed by atoms with van der Waals surface area (Å²) >= 11 is 0. The van der Waals surface area contributed by atoms with Crippen LogP contribution in [0.1, 0.15) is 33.4 Å². The van der Waals surface area contributed by atoms with Gasteiger partial charge in [0.1, 0.15) is 0 Å². The van der Waals surface area contributed by atoms with Crippen molar-refractivity contribution in [1.29, 1.82) is 0 Å². The number of fused-ring (bicyclic) bond motifs is 4. The van der Waals surface area contributed by atoms with E-state index in [0.717, 1.165) is 11.1 Å². The fourth-order valence-electron chi connectivity index (χ4n) is 11.3. The quantitative estimate of drug-likeness (QED) is 0.0947. The highest BCUT2D eigenvalue weighted by atomic mass is 14.2. The molecule has 0 nitrogen and oxygen atoms in total. The Bertz CT molecular complexity index is 3760. The smallest absolute Gasteiger partial charge is 0.00262 e. The van der Waals surface area contributed by atoms with E-state index in [1.54, 1.807) is 0 Å². The van der Waals surface area contributed by atoms with E-state index in [0.29, 0.717) is 0 Å². The predicted octanol–water partition coefficient (Wildman–Crippen LogP) is 20.1. The van der Waals surface area contributed by atoms with Gasteiger partial charge in [0.25, 0.3) is 0 Å². The van der Waals surface area contributed by atoms with Gasteiger partial charge in [-0.15, -0.1) is 0 Å². The summed E-state index contributed by atoms with van der Waals surface area (Å²) in [4.78, 5) is 0. The number of benzene rings is 13. The lowest BCUT2D eigenvalue weighted by Gasteiger charge is -2.19. The Balaban J connectivity index is 0.921. The van der Waals surface area contributed by atoms with Crippen molar-refractivity contribution in [2.24, 2.45) is 0 Å². The normalized spacial score (nSPS) is 11.2. The molecule has 0 aliphatic carbocycles. The van der Waals surface area contributed by atoms with Crippen molar-refractivity contribution in [3.63, 3.8) is 0 Å². The molecule has 0 atom stereocenters. The molecule has 0 aliphatic heterocycles. The van der Waals surface area contributed by atoms with Crippen LogP contribution in [0, 0.1) is 0 Å². The van der Waals surface area contributed by atoms with Crippen LogP contribution >= 0.6 is 0 Å². The summed E-state index contributed by atoms with van der Waals surface area (Å²) in [5.41, 5.74) is 19.3. The first-order chi connectivity index (χ1) is 36.7. The molecule has 0 radical (unpaired) electrons. The standard InChI is InChI=1S/C74H50/c1-5-25-53(26-6-1)69(54-27-7-2-8-28-54)49-51-23-21-33-59(47-51)73-65-39-17-13-35-61(65)71(62-36-14-18-40-66(62)73)57-43-45-58(46-44-57)72-63-37-15-19-41-67(63)74(68-42-20-16-38-64(68)72)60-34-22-24-52(48-60)50-70(55-29-9-3-10-30-55)56-31-11-4-12-32-56/h1-50H. The minimum atomic E-state index is 1.16. The Hall–Kier alpha value is -9.62. The Labute approximate surface area is 433 Å². The van der Waals surface area contributed by atoms with E-state index in [1.165, 1.54) is 121 Å². The van der Waals surface area contributed by atoms with Gasteiger partial charge in [0.2, 0.25) is 0 Å². The molecule has 0 saturated carbocycles. The third kappa shape index (κ3) is 8.29. The molecular formula is C74H50. The van der Waals surface area contributed by atoms with Crippen molar-refractivity contribution in [2.45, 2.75) is 0 Å². The van der Waals surface area contributed by atoms with Crippen molar-refractivity contribution in [1.82, 2.24) is 0 Å². The number of rotatable bonds is 10. The van der Waals surface area contributed by atoms with Crippen LogP contribution in [0.25, 0.3) is 111 Å². The third-order valence-corrected chi connectivity index (χ3v) is 14.6. The molecule has 0 saturated heterocycles. The average molecular weight is 939 g/mol. The molecule has 0 fully saturated rings. The molecule has 0 aromatic heterocycles. The van der Waals surface area contributed by atoms with Crippen LogP contribution in [0.2, 0.25) is 0 Å². The molecule has 13 aromatic rings. The maximum absolute atomic E-state index is 2.36. The van der Waals surface area contributed by atoms with E-state index in [4.69, 9.17) is 0 Å². The van der Waals surface area contributed by atoms with E-state index < -0.39 is 0 Å². The van der Waals surface area contributed by atoms with Crippen LogP contribution in [-0.4, -0.2) is 0 Å². The zero-order chi connectivity index (χ0) is 49.2. The predicted molar refractivity (Wildman–Crippen MR) is 318 cm³/mol. The Kier molecular flexibility index (Phi) is 11.7. The topological polar surface area (TPSA) is 0 Å². The van der Waals surface area contributed by atoms with Gasteiger partial charge in [-0.2, -0.15) is 0 Å². The average Bonchev–Trinajstić information content (AvgIpc) is 3.47. The molecule has 0 heterocycles. The molecule has 0 heteroatoms. The first kappa shape index (κ1) is 44.3. The van der Waals surface area contributed by atoms with Crippen LogP contribution < -0.4 is 0 Å². The summed E-state index contributed by atoms with van der Waals surface area (Å²) in [6, 6.07) is 106. The monoisotopic (exact) mass is 938 g/mol. The Morgan fingerprint density at radius 3 is 0.676 bits per heavy atom. The van der Waals surface area contributed by atoms with Crippen LogP contribution in [-0.2, 0) is 0 Å². The fraction of sp³-hybridized carbons (Fsp3) is 0. The van der Waals surface area contributed by atoms with Gasteiger partial charge < -0.3 is 0 Å². The molecule has 346 valence electrons. The SMILES string of the molecule is C(=C(c1ccccc1)c1ccccc1)c1cccc(-c2c3ccccc3c(-c3ccc(-c4c5ccccc5c(-c5cccc(C=C(c6ccccc6)c6ccccc6)c5)c5ccccc45)cc3)c3ccccc23)c1. The molecule has 0 aliphatic rings. The van der Waals surface area contributed by atoms with Gasteiger partial charge in [0.05, 0.1) is 0 Å². The van der Waals surface area contributed by atoms with E-state index in [9.17, 15) is 0 Å². The Morgan fingerprint density at radius 2 is 0.419 bits per heavy atom. The Morgan fingerprint density at radius 1 is 0.189 bits per heavy atom. The lowest BCUT2D eigenvalue weighted by Crippen LogP contribution is -1.93. The van der Waals surface area contributed by atoms with Gasteiger partial charge in [0.15, 0.2) is 0 Å². The van der Waals surface area contributed by atoms with Gasteiger partial charge in [-0.05, 0) is 156 Å². The molecule has 0 amide bonds. The summed E-state index contributed by atoms with van der Waals surface area (Å²) in [5.74, 6) is 0. The summed E-state index contributed by atoms with van der Waals surface area (Å²) in [5, 5.41) is 9.90. The maximum Gasteiger partial charge on any atom is -0.00262 e. The summed E-state index contributed by atoms with van der Waals surface area (Å²) < 4.78 is 0. The summed E-state index contributed by atoms with van der Waals surface area (Å²) in [7, 11) is 0. The largest absolute Gasteiger partial charge is 0.0622 e. The molecule has 13 aromatic carbocycles. The first-order valence-electron chi connectivity index (χ1n) is 25.6. The molecule has 74 heavy (non-hydrogen) atoms. The molecule has 13 rings (SSSR count). The van der Waals surface area contributed by atoms with Crippen LogP contribution in [0.15, 0.2) is 291 Å². The summed E-state index contributed by atoms with van der Waals surface area (Å²) in [6.45, 7) is 0. The zero-order valence-electron chi connectivity index (χ0n) is 40.9. The lowest BCUT2D eigenvalue weighted by atomic mass is 9.84. The summed E-state index contributed by atoms with van der Waals surface area (Å²) in [6.07, 6.45) is 4.67. The molecule has 0 unspecified atom stereocenters. The number of hydrogen-bond acceptors (Lipinski definition) is 0. The molecular weight excluding hydrogens is 889 g/mol. The van der Waals surface area contributed by atoms with E-state index in [-0.39, 0.29) is 0 Å². The zero-order valence-corrected chi connectivity index (χ0v) is 40.9. The van der Waals surface area contributed by atoms with Gasteiger partial charge >= 0.3 is 0 Å². The maximum atomic E-state index is 2.36. The second-order valence-electron chi connectivity index (χ2n) is 19.1. The molecule has 0 N–H and O–H groups in total. The van der Waals surface area contributed by atoms with Gasteiger partial charge in [-0.1, -0.05) is 279 Å². The van der Waals surface area contributed by atoms with Crippen molar-refractivity contribution in [3.8, 4) is 44.5 Å².